The highest BCUT2D eigenvalue weighted by Crippen LogP contribution is 2.26. The van der Waals surface area contributed by atoms with Gasteiger partial charge in [0.05, 0.1) is 35.4 Å². The summed E-state index contributed by atoms with van der Waals surface area (Å²) in [5.41, 5.74) is 1.77. The first kappa shape index (κ1) is 18.4. The molecule has 1 aromatic heterocycles. The average Bonchev–Trinajstić information content (AvgIpc) is 3.11. The van der Waals surface area contributed by atoms with Gasteiger partial charge in [0.1, 0.15) is 5.75 Å². The lowest BCUT2D eigenvalue weighted by Gasteiger charge is -2.12. The van der Waals surface area contributed by atoms with E-state index in [0.29, 0.717) is 23.4 Å². The highest BCUT2D eigenvalue weighted by Gasteiger charge is 2.31. The van der Waals surface area contributed by atoms with Gasteiger partial charge in [-0.2, -0.15) is 5.10 Å². The number of rotatable bonds is 5. The van der Waals surface area contributed by atoms with Crippen molar-refractivity contribution in [2.75, 3.05) is 16.8 Å². The van der Waals surface area contributed by atoms with Gasteiger partial charge < -0.3 is 10.1 Å². The minimum atomic E-state index is -3.01. The summed E-state index contributed by atoms with van der Waals surface area (Å²) in [5, 5.41) is 7.08. The maximum Gasteiger partial charge on any atom is 0.259 e. The third-order valence-corrected chi connectivity index (χ3v) is 6.08. The van der Waals surface area contributed by atoms with Crippen LogP contribution >= 0.6 is 0 Å². The maximum atomic E-state index is 12.5. The van der Waals surface area contributed by atoms with Gasteiger partial charge in [-0.15, -0.1) is 0 Å². The zero-order valence-electron chi connectivity index (χ0n) is 15.1. The molecule has 1 aliphatic rings. The number of hydrogen-bond acceptors (Lipinski definition) is 5. The van der Waals surface area contributed by atoms with Gasteiger partial charge >= 0.3 is 0 Å². The highest BCUT2D eigenvalue weighted by molar-refractivity contribution is 7.91. The number of amides is 1. The van der Waals surface area contributed by atoms with Gasteiger partial charge in [0.15, 0.2) is 9.84 Å². The molecule has 2 aromatic rings. The van der Waals surface area contributed by atoms with E-state index in [4.69, 9.17) is 4.74 Å². The molecule has 140 valence electrons. The molecule has 0 bridgehead atoms. The number of aromatic nitrogens is 2. The first-order chi connectivity index (χ1) is 12.2. The standard InChI is InChI=1S/C18H23N3O4S/c1-12(2)25-16-6-4-14(5-7-16)20-18(22)17-10-19-21(13(17)3)15-8-9-26(23,24)11-15/h4-7,10,12,15H,8-9,11H2,1-3H3,(H,20,22). The Kier molecular flexibility index (Phi) is 5.04. The number of anilines is 1. The quantitative estimate of drug-likeness (QED) is 0.865. The molecule has 0 saturated carbocycles. The Labute approximate surface area is 153 Å². The van der Waals surface area contributed by atoms with Crippen molar-refractivity contribution in [1.29, 1.82) is 0 Å². The molecular formula is C18H23N3O4S. The summed E-state index contributed by atoms with van der Waals surface area (Å²) in [6, 6.07) is 6.96. The zero-order valence-corrected chi connectivity index (χ0v) is 15.9. The molecule has 1 unspecified atom stereocenters. The van der Waals surface area contributed by atoms with Crippen molar-refractivity contribution in [3.05, 3.63) is 41.7 Å². The molecule has 3 rings (SSSR count). The van der Waals surface area contributed by atoms with Crippen LogP contribution in [0.4, 0.5) is 5.69 Å². The summed E-state index contributed by atoms with van der Waals surface area (Å²) in [7, 11) is -3.01. The third-order valence-electron chi connectivity index (χ3n) is 4.33. The maximum absolute atomic E-state index is 12.5. The van der Waals surface area contributed by atoms with E-state index < -0.39 is 9.84 Å². The smallest absolute Gasteiger partial charge is 0.259 e. The van der Waals surface area contributed by atoms with Crippen LogP contribution in [0, 0.1) is 6.92 Å². The van der Waals surface area contributed by atoms with Crippen molar-refractivity contribution in [1.82, 2.24) is 9.78 Å². The fourth-order valence-electron chi connectivity index (χ4n) is 3.07. The van der Waals surface area contributed by atoms with Gasteiger partial charge in [-0.25, -0.2) is 8.42 Å². The van der Waals surface area contributed by atoms with E-state index >= 15 is 0 Å². The Bertz CT molecular complexity index is 901. The molecule has 1 amide bonds. The van der Waals surface area contributed by atoms with E-state index in [1.807, 2.05) is 13.8 Å². The summed E-state index contributed by atoms with van der Waals surface area (Å²) < 4.78 is 30.6. The van der Waals surface area contributed by atoms with Gasteiger partial charge in [-0.3, -0.25) is 9.48 Å². The van der Waals surface area contributed by atoms with E-state index in [2.05, 4.69) is 10.4 Å². The fourth-order valence-corrected chi connectivity index (χ4v) is 4.76. The van der Waals surface area contributed by atoms with Crippen molar-refractivity contribution >= 4 is 21.4 Å². The van der Waals surface area contributed by atoms with Crippen LogP contribution in [0.5, 0.6) is 5.75 Å². The topological polar surface area (TPSA) is 90.3 Å². The van der Waals surface area contributed by atoms with E-state index in [1.165, 1.54) is 6.20 Å². The summed E-state index contributed by atoms with van der Waals surface area (Å²) in [6.45, 7) is 5.68. The highest BCUT2D eigenvalue weighted by atomic mass is 32.2. The van der Waals surface area contributed by atoms with Crippen molar-refractivity contribution in [2.45, 2.75) is 39.3 Å². The van der Waals surface area contributed by atoms with Gasteiger partial charge in [0, 0.05) is 11.4 Å². The summed E-state index contributed by atoms with van der Waals surface area (Å²) in [5.74, 6) is 0.716. The van der Waals surface area contributed by atoms with E-state index in [9.17, 15) is 13.2 Å². The van der Waals surface area contributed by atoms with Crippen LogP contribution in [0.3, 0.4) is 0 Å². The second-order valence-corrected chi connectivity index (χ2v) is 9.02. The van der Waals surface area contributed by atoms with Crippen molar-refractivity contribution < 1.29 is 17.9 Å². The Morgan fingerprint density at radius 3 is 2.58 bits per heavy atom. The molecule has 1 N–H and O–H groups in total. The van der Waals surface area contributed by atoms with Gasteiger partial charge in [-0.05, 0) is 51.5 Å². The lowest BCUT2D eigenvalue weighted by molar-refractivity contribution is 0.102. The molecule has 1 aromatic carbocycles. The molecule has 1 aliphatic heterocycles. The Balaban J connectivity index is 1.71. The minimum Gasteiger partial charge on any atom is -0.491 e. The van der Waals surface area contributed by atoms with Crippen molar-refractivity contribution in [3.63, 3.8) is 0 Å². The molecular weight excluding hydrogens is 354 g/mol. The van der Waals surface area contributed by atoms with Gasteiger partial charge in [0.2, 0.25) is 0 Å². The number of sulfone groups is 1. The van der Waals surface area contributed by atoms with Gasteiger partial charge in [-0.1, -0.05) is 0 Å². The molecule has 2 heterocycles. The lowest BCUT2D eigenvalue weighted by atomic mass is 10.2. The second-order valence-electron chi connectivity index (χ2n) is 6.79. The van der Waals surface area contributed by atoms with Crippen LogP contribution in [-0.2, 0) is 9.84 Å². The van der Waals surface area contributed by atoms with Crippen LogP contribution < -0.4 is 10.1 Å². The monoisotopic (exact) mass is 377 g/mol. The predicted octanol–water partition coefficient (Wildman–Crippen LogP) is 2.59. The Morgan fingerprint density at radius 2 is 2.00 bits per heavy atom. The number of nitrogens with one attached hydrogen (secondary N) is 1. The van der Waals surface area contributed by atoms with E-state index in [1.54, 1.807) is 35.9 Å². The van der Waals surface area contributed by atoms with Gasteiger partial charge in [0.25, 0.3) is 5.91 Å². The normalized spacial score (nSPS) is 18.8. The van der Waals surface area contributed by atoms with Crippen molar-refractivity contribution in [2.24, 2.45) is 0 Å². The fraction of sp³-hybridized carbons (Fsp3) is 0.444. The van der Waals surface area contributed by atoms with Crippen molar-refractivity contribution in [3.8, 4) is 5.75 Å². The molecule has 7 nitrogen and oxygen atoms in total. The molecule has 1 fully saturated rings. The molecule has 1 saturated heterocycles. The summed E-state index contributed by atoms with van der Waals surface area (Å²) in [6.07, 6.45) is 2.11. The number of benzene rings is 1. The summed E-state index contributed by atoms with van der Waals surface area (Å²) >= 11 is 0. The van der Waals surface area contributed by atoms with Crippen LogP contribution in [-0.4, -0.2) is 41.7 Å². The number of hydrogen-bond donors (Lipinski definition) is 1. The number of ether oxygens (including phenoxy) is 1. The van der Waals surface area contributed by atoms with Crippen LogP contribution in [0.2, 0.25) is 0 Å². The molecule has 26 heavy (non-hydrogen) atoms. The van der Waals surface area contributed by atoms with E-state index in [-0.39, 0.29) is 29.6 Å². The molecule has 0 spiro atoms. The first-order valence-corrected chi connectivity index (χ1v) is 10.4. The number of nitrogens with zero attached hydrogens (tertiary/aromatic N) is 2. The lowest BCUT2D eigenvalue weighted by Crippen LogP contribution is -2.16. The van der Waals surface area contributed by atoms with Crippen LogP contribution in [0.15, 0.2) is 30.5 Å². The predicted molar refractivity (Wildman–Crippen MR) is 99.4 cm³/mol. The Hall–Kier alpha value is -2.35. The molecule has 0 radical (unpaired) electrons. The van der Waals surface area contributed by atoms with Crippen LogP contribution in [0.25, 0.3) is 0 Å². The molecule has 1 atom stereocenters. The molecule has 0 aliphatic carbocycles. The third kappa shape index (κ3) is 4.07. The van der Waals surface area contributed by atoms with E-state index in [0.717, 1.165) is 5.75 Å². The summed E-state index contributed by atoms with van der Waals surface area (Å²) in [4.78, 5) is 12.5. The number of carbonyl (C=O) groups is 1. The molecule has 8 heteroatoms. The zero-order chi connectivity index (χ0) is 18.9. The Morgan fingerprint density at radius 1 is 1.31 bits per heavy atom. The SMILES string of the molecule is Cc1c(C(=O)Nc2ccc(OC(C)C)cc2)cnn1C1CCS(=O)(=O)C1. The first-order valence-electron chi connectivity index (χ1n) is 8.58. The number of carbonyl (C=O) groups excluding carboxylic acids is 1. The largest absolute Gasteiger partial charge is 0.491 e. The second kappa shape index (κ2) is 7.11. The van der Waals surface area contributed by atoms with Crippen LogP contribution in [0.1, 0.15) is 42.4 Å². The minimum absolute atomic E-state index is 0.0773. The average molecular weight is 377 g/mol.